The van der Waals surface area contributed by atoms with Crippen molar-refractivity contribution in [3.05, 3.63) is 46.1 Å². The third kappa shape index (κ3) is 2.17. The monoisotopic (exact) mass is 257 g/mol. The van der Waals surface area contributed by atoms with Crippen LogP contribution in [0, 0.1) is 10.1 Å². The van der Waals surface area contributed by atoms with Gasteiger partial charge >= 0.3 is 0 Å². The van der Waals surface area contributed by atoms with Crippen LogP contribution in [0.3, 0.4) is 0 Å². The number of nitrogens with one attached hydrogen (secondary N) is 1. The minimum Gasteiger partial charge on any atom is -0.317 e. The summed E-state index contributed by atoms with van der Waals surface area (Å²) in [5, 5.41) is 15.5. The number of benzene rings is 1. The highest BCUT2D eigenvalue weighted by atomic mass is 16.6. The van der Waals surface area contributed by atoms with Gasteiger partial charge in [0, 0.05) is 10.9 Å². The fourth-order valence-electron chi connectivity index (χ4n) is 2.84. The molecule has 0 aliphatic carbocycles. The van der Waals surface area contributed by atoms with Gasteiger partial charge in [-0.05, 0) is 37.9 Å². The van der Waals surface area contributed by atoms with Gasteiger partial charge in [0.2, 0.25) is 0 Å². The summed E-state index contributed by atoms with van der Waals surface area (Å²) in [7, 11) is 0. The first-order valence-corrected chi connectivity index (χ1v) is 6.50. The van der Waals surface area contributed by atoms with Crippen LogP contribution in [0.2, 0.25) is 0 Å². The van der Waals surface area contributed by atoms with Crippen molar-refractivity contribution in [3.63, 3.8) is 0 Å². The van der Waals surface area contributed by atoms with Crippen molar-refractivity contribution in [2.24, 2.45) is 0 Å². The topological polar surface area (TPSA) is 68.1 Å². The van der Waals surface area contributed by atoms with Crippen molar-refractivity contribution in [3.8, 4) is 0 Å². The normalized spacial score (nSPS) is 16.6. The van der Waals surface area contributed by atoms with E-state index in [1.54, 1.807) is 0 Å². The standard InChI is InChI=1S/C14H15N3O2/c18-17(19)13-9-16-12-4-2-1-3-11(12)14(13)10-5-7-15-8-6-10/h1-4,9-10,15H,5-8H2. The van der Waals surface area contributed by atoms with E-state index in [4.69, 9.17) is 0 Å². The van der Waals surface area contributed by atoms with E-state index in [9.17, 15) is 10.1 Å². The van der Waals surface area contributed by atoms with Crippen molar-refractivity contribution in [2.75, 3.05) is 13.1 Å². The number of piperidine rings is 1. The van der Waals surface area contributed by atoms with Crippen LogP contribution in [0.4, 0.5) is 5.69 Å². The number of rotatable bonds is 2. The third-order valence-electron chi connectivity index (χ3n) is 3.74. The van der Waals surface area contributed by atoms with Crippen LogP contribution in [0.15, 0.2) is 30.5 Å². The lowest BCUT2D eigenvalue weighted by Gasteiger charge is -2.23. The molecule has 1 aliphatic heterocycles. The molecular formula is C14H15N3O2. The molecular weight excluding hydrogens is 242 g/mol. The van der Waals surface area contributed by atoms with Gasteiger partial charge in [-0.1, -0.05) is 18.2 Å². The summed E-state index contributed by atoms with van der Waals surface area (Å²) in [6, 6.07) is 7.67. The average molecular weight is 257 g/mol. The summed E-state index contributed by atoms with van der Waals surface area (Å²) in [6.45, 7) is 1.83. The van der Waals surface area contributed by atoms with Crippen molar-refractivity contribution in [1.82, 2.24) is 10.3 Å². The average Bonchev–Trinajstić information content (AvgIpc) is 2.46. The Labute approximate surface area is 110 Å². The predicted octanol–water partition coefficient (Wildman–Crippen LogP) is 2.61. The molecule has 5 heteroatoms. The molecule has 0 saturated carbocycles. The van der Waals surface area contributed by atoms with Gasteiger partial charge in [-0.2, -0.15) is 0 Å². The van der Waals surface area contributed by atoms with Crippen LogP contribution in [0.25, 0.3) is 10.9 Å². The molecule has 2 aromatic rings. The van der Waals surface area contributed by atoms with Crippen LogP contribution in [-0.2, 0) is 0 Å². The molecule has 1 aromatic carbocycles. The molecule has 0 bridgehead atoms. The highest BCUT2D eigenvalue weighted by Crippen LogP contribution is 2.36. The Morgan fingerprint density at radius 2 is 2.00 bits per heavy atom. The zero-order valence-corrected chi connectivity index (χ0v) is 10.5. The molecule has 3 rings (SSSR count). The SMILES string of the molecule is O=[N+]([O-])c1cnc2ccccc2c1C1CCNCC1. The molecule has 1 aliphatic rings. The second-order valence-electron chi connectivity index (χ2n) is 4.86. The molecule has 1 fully saturated rings. The van der Waals surface area contributed by atoms with Crippen LogP contribution < -0.4 is 5.32 Å². The molecule has 1 aromatic heterocycles. The first-order chi connectivity index (χ1) is 9.27. The first-order valence-electron chi connectivity index (χ1n) is 6.50. The maximum atomic E-state index is 11.3. The molecule has 1 saturated heterocycles. The number of hydrogen-bond acceptors (Lipinski definition) is 4. The summed E-state index contributed by atoms with van der Waals surface area (Å²) in [5.74, 6) is 0.245. The summed E-state index contributed by atoms with van der Waals surface area (Å²) in [5.41, 5.74) is 1.85. The zero-order valence-electron chi connectivity index (χ0n) is 10.5. The fourth-order valence-corrected chi connectivity index (χ4v) is 2.84. The van der Waals surface area contributed by atoms with Crippen molar-refractivity contribution in [2.45, 2.75) is 18.8 Å². The van der Waals surface area contributed by atoms with E-state index in [0.29, 0.717) is 0 Å². The summed E-state index contributed by atoms with van der Waals surface area (Å²) < 4.78 is 0. The lowest BCUT2D eigenvalue weighted by molar-refractivity contribution is -0.385. The Hall–Kier alpha value is -2.01. The number of hydrogen-bond donors (Lipinski definition) is 1. The van der Waals surface area contributed by atoms with Gasteiger partial charge in [0.1, 0.15) is 6.20 Å². The van der Waals surface area contributed by atoms with E-state index >= 15 is 0 Å². The summed E-state index contributed by atoms with van der Waals surface area (Å²) >= 11 is 0. The van der Waals surface area contributed by atoms with E-state index in [1.807, 2.05) is 24.3 Å². The second-order valence-corrected chi connectivity index (χ2v) is 4.86. The van der Waals surface area contributed by atoms with Gasteiger partial charge in [-0.25, -0.2) is 4.98 Å². The molecule has 98 valence electrons. The third-order valence-corrected chi connectivity index (χ3v) is 3.74. The maximum Gasteiger partial charge on any atom is 0.291 e. The Balaban J connectivity index is 2.21. The van der Waals surface area contributed by atoms with Crippen molar-refractivity contribution >= 4 is 16.6 Å². The van der Waals surface area contributed by atoms with Crippen LogP contribution in [0.5, 0.6) is 0 Å². The van der Waals surface area contributed by atoms with Crippen LogP contribution >= 0.6 is 0 Å². The lowest BCUT2D eigenvalue weighted by Crippen LogP contribution is -2.27. The Morgan fingerprint density at radius 1 is 1.26 bits per heavy atom. The number of para-hydroxylation sites is 1. The van der Waals surface area contributed by atoms with E-state index in [2.05, 4.69) is 10.3 Å². The van der Waals surface area contributed by atoms with Gasteiger partial charge in [-0.3, -0.25) is 10.1 Å². The molecule has 5 nitrogen and oxygen atoms in total. The quantitative estimate of drug-likeness (QED) is 0.663. The number of pyridine rings is 1. The van der Waals surface area contributed by atoms with Gasteiger partial charge < -0.3 is 5.32 Å². The molecule has 0 amide bonds. The largest absolute Gasteiger partial charge is 0.317 e. The van der Waals surface area contributed by atoms with E-state index in [-0.39, 0.29) is 16.5 Å². The van der Waals surface area contributed by atoms with Gasteiger partial charge in [0.15, 0.2) is 0 Å². The maximum absolute atomic E-state index is 11.3. The summed E-state index contributed by atoms with van der Waals surface area (Å²) in [6.07, 6.45) is 3.28. The molecule has 1 N–H and O–H groups in total. The second kappa shape index (κ2) is 4.93. The highest BCUT2D eigenvalue weighted by Gasteiger charge is 2.26. The number of aromatic nitrogens is 1. The lowest BCUT2D eigenvalue weighted by atomic mass is 9.87. The van der Waals surface area contributed by atoms with Gasteiger partial charge in [0.25, 0.3) is 5.69 Å². The van der Waals surface area contributed by atoms with E-state index in [0.717, 1.165) is 42.4 Å². The highest BCUT2D eigenvalue weighted by molar-refractivity contribution is 5.85. The minimum atomic E-state index is -0.309. The van der Waals surface area contributed by atoms with E-state index < -0.39 is 0 Å². The van der Waals surface area contributed by atoms with Gasteiger partial charge in [-0.15, -0.1) is 0 Å². The molecule has 0 radical (unpaired) electrons. The van der Waals surface area contributed by atoms with Gasteiger partial charge in [0.05, 0.1) is 10.4 Å². The van der Waals surface area contributed by atoms with Crippen LogP contribution in [-0.4, -0.2) is 23.0 Å². The van der Waals surface area contributed by atoms with Crippen LogP contribution in [0.1, 0.15) is 24.3 Å². The molecule has 2 heterocycles. The fraction of sp³-hybridized carbons (Fsp3) is 0.357. The Kier molecular flexibility index (Phi) is 3.13. The molecule has 19 heavy (non-hydrogen) atoms. The predicted molar refractivity (Wildman–Crippen MR) is 73.2 cm³/mol. The zero-order chi connectivity index (χ0) is 13.2. The number of fused-ring (bicyclic) bond motifs is 1. The van der Waals surface area contributed by atoms with Crippen molar-refractivity contribution < 1.29 is 4.92 Å². The molecule has 0 atom stereocenters. The Bertz CT molecular complexity index is 621. The smallest absolute Gasteiger partial charge is 0.291 e. The Morgan fingerprint density at radius 3 is 2.74 bits per heavy atom. The van der Waals surface area contributed by atoms with Crippen molar-refractivity contribution in [1.29, 1.82) is 0 Å². The minimum absolute atomic E-state index is 0.158. The summed E-state index contributed by atoms with van der Waals surface area (Å²) in [4.78, 5) is 15.1. The molecule has 0 unspecified atom stereocenters. The molecule has 0 spiro atoms. The van der Waals surface area contributed by atoms with E-state index in [1.165, 1.54) is 6.20 Å². The number of nitro groups is 1. The number of nitrogens with zero attached hydrogens (tertiary/aromatic N) is 2. The first kappa shape index (κ1) is 12.0.